The fourth-order valence-electron chi connectivity index (χ4n) is 8.12. The number of para-hydroxylation sites is 1. The molecular formula is C48H70N16O10. The Morgan fingerprint density at radius 1 is 0.730 bits per heavy atom. The Labute approximate surface area is 427 Å². The second-order valence-electron chi connectivity index (χ2n) is 17.8. The summed E-state index contributed by atoms with van der Waals surface area (Å²) in [5, 5.41) is 52.2. The van der Waals surface area contributed by atoms with Crippen molar-refractivity contribution in [2.75, 3.05) is 26.2 Å². The Hall–Kier alpha value is -8.29. The molecule has 0 bridgehead atoms. The smallest absolute Gasteiger partial charge is 0.326 e. The third-order valence-electron chi connectivity index (χ3n) is 11.9. The van der Waals surface area contributed by atoms with Crippen LogP contribution in [-0.4, -0.2) is 144 Å². The molecule has 74 heavy (non-hydrogen) atoms. The molecule has 0 spiro atoms. The van der Waals surface area contributed by atoms with E-state index in [1.165, 1.54) is 6.92 Å². The molecule has 2 unspecified atom stereocenters. The number of nitrogens with two attached hydrogens (primary N) is 3. The summed E-state index contributed by atoms with van der Waals surface area (Å²) < 4.78 is 0. The van der Waals surface area contributed by atoms with Crippen molar-refractivity contribution in [1.29, 1.82) is 10.8 Å². The number of rotatable bonds is 18. The Balaban J connectivity index is 1.75. The molecule has 26 nitrogen and oxygen atoms in total. The molecule has 0 radical (unpaired) electrons. The number of aromatic nitrogens is 1. The van der Waals surface area contributed by atoms with E-state index in [-0.39, 0.29) is 109 Å². The minimum atomic E-state index is -1.49. The lowest BCUT2D eigenvalue weighted by atomic mass is 10.0. The van der Waals surface area contributed by atoms with Gasteiger partial charge in [-0.25, -0.2) is 4.79 Å². The molecule has 0 saturated carbocycles. The molecule has 20 N–H and O–H groups in total. The zero-order chi connectivity index (χ0) is 54.2. The van der Waals surface area contributed by atoms with Crippen LogP contribution in [0.3, 0.4) is 0 Å². The first kappa shape index (κ1) is 58.3. The number of carbonyl (C=O) groups excluding carboxylic acids is 8. The van der Waals surface area contributed by atoms with Crippen molar-refractivity contribution in [1.82, 2.24) is 58.2 Å². The zero-order valence-electron chi connectivity index (χ0n) is 41.3. The number of aliphatic carboxylic acids is 1. The second kappa shape index (κ2) is 29.9. The number of amides is 8. The lowest BCUT2D eigenvalue weighted by Crippen LogP contribution is -2.60. The third kappa shape index (κ3) is 19.7. The van der Waals surface area contributed by atoms with Gasteiger partial charge in [-0.3, -0.25) is 49.2 Å². The molecule has 7 atom stereocenters. The van der Waals surface area contributed by atoms with Gasteiger partial charge in [-0.15, -0.1) is 0 Å². The van der Waals surface area contributed by atoms with Crippen LogP contribution in [0.2, 0.25) is 0 Å². The first-order valence-electron chi connectivity index (χ1n) is 24.4. The number of nitrogens with one attached hydrogen (secondary N) is 13. The molecule has 3 aromatic rings. The predicted octanol–water partition coefficient (Wildman–Crippen LogP) is -2.98. The van der Waals surface area contributed by atoms with Crippen molar-refractivity contribution in [3.8, 4) is 0 Å². The van der Waals surface area contributed by atoms with Crippen LogP contribution in [0.15, 0.2) is 60.8 Å². The number of carboxylic acids is 1. The molecule has 8 amide bonds. The van der Waals surface area contributed by atoms with Crippen molar-refractivity contribution in [3.05, 3.63) is 71.9 Å². The van der Waals surface area contributed by atoms with Crippen LogP contribution in [0.25, 0.3) is 10.9 Å². The Kier molecular flexibility index (Phi) is 23.6. The van der Waals surface area contributed by atoms with Crippen molar-refractivity contribution >= 4 is 76.0 Å². The van der Waals surface area contributed by atoms with Gasteiger partial charge >= 0.3 is 5.97 Å². The molecule has 2 aromatic carbocycles. The van der Waals surface area contributed by atoms with Gasteiger partial charge in [0.1, 0.15) is 42.3 Å². The number of benzene rings is 2. The van der Waals surface area contributed by atoms with E-state index in [1.807, 2.05) is 18.2 Å². The molecule has 26 heteroatoms. The molecule has 2 heterocycles. The highest BCUT2D eigenvalue weighted by Gasteiger charge is 2.35. The number of carbonyl (C=O) groups is 9. The zero-order valence-corrected chi connectivity index (χ0v) is 41.3. The van der Waals surface area contributed by atoms with Crippen LogP contribution in [0.1, 0.15) is 75.8 Å². The molecule has 1 fully saturated rings. The van der Waals surface area contributed by atoms with Crippen molar-refractivity contribution in [2.24, 2.45) is 17.2 Å². The van der Waals surface area contributed by atoms with Gasteiger partial charge in [-0.05, 0) is 75.1 Å². The summed E-state index contributed by atoms with van der Waals surface area (Å²) in [5.41, 5.74) is 18.7. The Bertz CT molecular complexity index is 2450. The van der Waals surface area contributed by atoms with E-state index in [0.29, 0.717) is 11.1 Å². The molecular weight excluding hydrogens is 961 g/mol. The van der Waals surface area contributed by atoms with Gasteiger partial charge in [0.05, 0.1) is 0 Å². The third-order valence-corrected chi connectivity index (χ3v) is 11.9. The standard InChI is InChI=1S/C48H70N16O10/c1-27(65)58-32(14-7-22-55-47(50)51)40(67)60-34-17-18-39(66)54-21-9-16-36(46(73)74)62-45(72)38(25-29-26-57-31-13-6-5-12-30(29)31)64-41(68)33(15-8-23-56-48(52)53)59-44(71)37(24-28-10-3-2-4-11-28)63-43(70)35(19-20-49)61-42(34)69/h2-6,10-13,26,32-38,57H,7-9,14-25,49H2,1H3,(H,54,66)(H,58,65)(H,59,71)(H,60,67)(H,61,69)(H,62,72)(H,63,70)(H,64,68)(H,73,74)(H4,50,51,55)(H4,52,53,56)/t32-,33-,34-,35-,36?,37?,38-/m0/s1. The number of H-pyrrole nitrogens is 1. The van der Waals surface area contributed by atoms with E-state index < -0.39 is 95.5 Å². The van der Waals surface area contributed by atoms with E-state index in [1.54, 1.807) is 42.6 Å². The average Bonchev–Trinajstić information content (AvgIpc) is 3.76. The van der Waals surface area contributed by atoms with Crippen LogP contribution < -0.4 is 70.4 Å². The van der Waals surface area contributed by atoms with Gasteiger partial charge in [0.2, 0.25) is 47.3 Å². The Morgan fingerprint density at radius 3 is 1.96 bits per heavy atom. The molecule has 1 saturated heterocycles. The SMILES string of the molecule is CC(=O)N[C@@H](CCCNC(=N)N)C(=O)N[C@H]1CCC(=O)NCCCC(C(=O)O)NC(=O)[C@H](Cc2c[nH]c3ccccc23)NC(=O)[C@H](CCCNC(=N)N)NC(=O)C(Cc2ccccc2)NC(=O)[C@H](CCN)NC1=O. The maximum Gasteiger partial charge on any atom is 0.326 e. The molecule has 1 aliphatic heterocycles. The molecule has 4 rings (SSSR count). The van der Waals surface area contributed by atoms with Gasteiger partial charge in [0.15, 0.2) is 11.9 Å². The summed E-state index contributed by atoms with van der Waals surface area (Å²) >= 11 is 0. The Morgan fingerprint density at radius 2 is 1.31 bits per heavy atom. The molecule has 0 aliphatic carbocycles. The minimum absolute atomic E-state index is 0.0441. The highest BCUT2D eigenvalue weighted by atomic mass is 16.4. The number of fused-ring (bicyclic) bond motifs is 1. The fourth-order valence-corrected chi connectivity index (χ4v) is 8.12. The molecule has 402 valence electrons. The van der Waals surface area contributed by atoms with E-state index in [0.717, 1.165) is 10.9 Å². The van der Waals surface area contributed by atoms with Crippen molar-refractivity contribution in [2.45, 2.75) is 120 Å². The van der Waals surface area contributed by atoms with Crippen LogP contribution in [-0.2, 0) is 56.0 Å². The summed E-state index contributed by atoms with van der Waals surface area (Å²) in [7, 11) is 0. The lowest BCUT2D eigenvalue weighted by Gasteiger charge is -2.28. The maximum absolute atomic E-state index is 14.5. The van der Waals surface area contributed by atoms with Gasteiger partial charge in [0, 0.05) is 62.9 Å². The monoisotopic (exact) mass is 1030 g/mol. The van der Waals surface area contributed by atoms with Gasteiger partial charge in [-0.2, -0.15) is 0 Å². The highest BCUT2D eigenvalue weighted by Crippen LogP contribution is 2.20. The first-order valence-corrected chi connectivity index (χ1v) is 24.4. The van der Waals surface area contributed by atoms with Crippen LogP contribution in [0.4, 0.5) is 0 Å². The maximum atomic E-state index is 14.5. The van der Waals surface area contributed by atoms with Crippen LogP contribution in [0.5, 0.6) is 0 Å². The number of guanidine groups is 2. The van der Waals surface area contributed by atoms with Gasteiger partial charge in [0.25, 0.3) is 0 Å². The minimum Gasteiger partial charge on any atom is -0.480 e. The summed E-state index contributed by atoms with van der Waals surface area (Å²) in [6.07, 6.45) is 0.829. The summed E-state index contributed by atoms with van der Waals surface area (Å²) in [4.78, 5) is 127. The number of hydrogen-bond donors (Lipinski definition) is 17. The van der Waals surface area contributed by atoms with E-state index in [4.69, 9.17) is 28.0 Å². The topological polar surface area (TPSA) is 436 Å². The van der Waals surface area contributed by atoms with Crippen LogP contribution in [0, 0.1) is 10.8 Å². The van der Waals surface area contributed by atoms with Crippen molar-refractivity contribution in [3.63, 3.8) is 0 Å². The summed E-state index contributed by atoms with van der Waals surface area (Å²) in [6.45, 7) is 1.27. The normalized spacial score (nSPS) is 21.2. The molecule has 1 aromatic heterocycles. The van der Waals surface area contributed by atoms with Gasteiger partial charge < -0.3 is 80.5 Å². The van der Waals surface area contributed by atoms with Crippen LogP contribution >= 0.6 is 0 Å². The van der Waals surface area contributed by atoms with E-state index >= 15 is 0 Å². The quantitative estimate of drug-likeness (QED) is 0.0343. The molecule has 1 aliphatic rings. The van der Waals surface area contributed by atoms with Crippen molar-refractivity contribution < 1.29 is 48.3 Å². The van der Waals surface area contributed by atoms with E-state index in [2.05, 4.69) is 58.2 Å². The summed E-state index contributed by atoms with van der Waals surface area (Å²) in [6, 6.07) is 6.04. The summed E-state index contributed by atoms with van der Waals surface area (Å²) in [5.74, 6) is -8.34. The predicted molar refractivity (Wildman–Crippen MR) is 272 cm³/mol. The van der Waals surface area contributed by atoms with E-state index in [9.17, 15) is 48.3 Å². The fraction of sp³-hybridized carbons (Fsp3) is 0.479. The largest absolute Gasteiger partial charge is 0.480 e. The highest BCUT2D eigenvalue weighted by molar-refractivity contribution is 5.98. The lowest BCUT2D eigenvalue weighted by molar-refractivity contribution is -0.142. The second-order valence-corrected chi connectivity index (χ2v) is 17.8. The number of carboxylic acid groups (broad SMARTS) is 1. The average molecular weight is 1030 g/mol. The van der Waals surface area contributed by atoms with Gasteiger partial charge in [-0.1, -0.05) is 48.5 Å². The number of aromatic amines is 1. The number of hydrogen-bond acceptors (Lipinski definition) is 12. The first-order chi connectivity index (χ1) is 35.3.